The molecule has 0 saturated heterocycles. The molecule has 0 saturated carbocycles. The van der Waals surface area contributed by atoms with Gasteiger partial charge in [-0.3, -0.25) is 14.4 Å². The van der Waals surface area contributed by atoms with Gasteiger partial charge in [0, 0.05) is 18.6 Å². The topological polar surface area (TPSA) is 176 Å². The van der Waals surface area contributed by atoms with Crippen LogP contribution in [0.25, 0.3) is 0 Å². The minimum Gasteiger partial charge on any atom is -0.480 e. The summed E-state index contributed by atoms with van der Waals surface area (Å²) in [6, 6.07) is -2.12. The Kier molecular flexibility index (Phi) is 17.4. The van der Waals surface area contributed by atoms with Crippen molar-refractivity contribution in [2.24, 2.45) is 11.7 Å². The van der Waals surface area contributed by atoms with Crippen molar-refractivity contribution in [3.8, 4) is 0 Å². The molecule has 0 aromatic rings. The number of hydrogen-bond acceptors (Lipinski definition) is 5. The third-order valence-electron chi connectivity index (χ3n) is 4.79. The van der Waals surface area contributed by atoms with E-state index in [1.807, 2.05) is 6.92 Å². The second-order valence-electron chi connectivity index (χ2n) is 7.76. The smallest absolute Gasteiger partial charge is 0.326 e. The van der Waals surface area contributed by atoms with Crippen LogP contribution in [0.2, 0.25) is 0 Å². The van der Waals surface area contributed by atoms with E-state index in [1.54, 1.807) is 67.7 Å². The van der Waals surface area contributed by atoms with E-state index >= 15 is 0 Å². The molecule has 3 unspecified atom stereocenters. The average Bonchev–Trinajstić information content (AvgIpc) is 2.84. The van der Waals surface area contributed by atoms with Gasteiger partial charge in [0.1, 0.15) is 12.1 Å². The van der Waals surface area contributed by atoms with Gasteiger partial charge in [-0.2, -0.15) is 0 Å². The van der Waals surface area contributed by atoms with Gasteiger partial charge in [0.05, 0.1) is 0 Å². The summed E-state index contributed by atoms with van der Waals surface area (Å²) in [6.07, 6.45) is 22.9. The summed E-state index contributed by atoms with van der Waals surface area (Å²) in [7, 11) is 0. The van der Waals surface area contributed by atoms with Crippen molar-refractivity contribution in [2.75, 3.05) is 0 Å². The first kappa shape index (κ1) is 32.5. The van der Waals surface area contributed by atoms with Gasteiger partial charge >= 0.3 is 11.9 Å². The Balaban J connectivity index is 4.38. The first-order chi connectivity index (χ1) is 17.6. The van der Waals surface area contributed by atoms with E-state index in [1.165, 1.54) is 24.3 Å². The van der Waals surface area contributed by atoms with Crippen LogP contribution in [0, 0.1) is 5.92 Å². The number of carbonyl (C=O) groups excluding carboxylic acids is 3. The van der Waals surface area contributed by atoms with E-state index in [9.17, 15) is 29.1 Å². The number of carboxylic acid groups (broad SMARTS) is 2. The summed E-state index contributed by atoms with van der Waals surface area (Å²) in [6.45, 7) is 3.63. The van der Waals surface area contributed by atoms with Crippen molar-refractivity contribution in [3.63, 3.8) is 0 Å². The van der Waals surface area contributed by atoms with Gasteiger partial charge in [-0.1, -0.05) is 93.2 Å². The molecule has 0 aromatic carbocycles. The first-order valence-corrected chi connectivity index (χ1v) is 11.6. The normalized spacial score (nSPS) is 14.9. The standard InChI is InChI=1S/C27H35N3O7/c1-3-20(2)25(27(36)37)30-24(33)17-15-13-11-9-7-5-4-6-8-10-12-14-16-23(32)29-21(26(34)35)18-19-22(28)31/h4-17,20-21,25H,3,18-19H2,1-2H3,(H2,28,31)(H,29,32)(H,30,33)(H,34,35)(H,36,37). The molecule has 0 aromatic heterocycles. The molecule has 6 N–H and O–H groups in total. The Morgan fingerprint density at radius 3 is 1.46 bits per heavy atom. The maximum Gasteiger partial charge on any atom is 0.326 e. The highest BCUT2D eigenvalue weighted by molar-refractivity contribution is 5.92. The number of nitrogens with two attached hydrogens (primary N) is 1. The summed E-state index contributed by atoms with van der Waals surface area (Å²) in [5, 5.41) is 23.0. The van der Waals surface area contributed by atoms with Crippen molar-refractivity contribution in [1.29, 1.82) is 0 Å². The molecule has 0 rings (SSSR count). The molecular formula is C27H35N3O7. The van der Waals surface area contributed by atoms with Crippen LogP contribution in [-0.2, 0) is 24.0 Å². The Labute approximate surface area is 216 Å². The highest BCUT2D eigenvalue weighted by Crippen LogP contribution is 2.07. The van der Waals surface area contributed by atoms with E-state index in [2.05, 4.69) is 10.6 Å². The molecule has 10 nitrogen and oxygen atoms in total. The van der Waals surface area contributed by atoms with Crippen molar-refractivity contribution in [2.45, 2.75) is 45.2 Å². The predicted octanol–water partition coefficient (Wildman–Crippen LogP) is 2.33. The number of aliphatic carboxylic acids is 2. The lowest BCUT2D eigenvalue weighted by atomic mass is 9.99. The highest BCUT2D eigenvalue weighted by Gasteiger charge is 2.24. The number of nitrogens with one attached hydrogen (secondary N) is 2. The van der Waals surface area contributed by atoms with Crippen LogP contribution in [-0.4, -0.2) is 52.0 Å². The summed E-state index contributed by atoms with van der Waals surface area (Å²) in [5.74, 6) is -4.20. The summed E-state index contributed by atoms with van der Waals surface area (Å²) >= 11 is 0. The zero-order valence-electron chi connectivity index (χ0n) is 20.9. The fourth-order valence-electron chi connectivity index (χ4n) is 2.58. The van der Waals surface area contributed by atoms with Crippen molar-refractivity contribution < 1.29 is 34.2 Å². The molecule has 10 heteroatoms. The molecule has 0 heterocycles. The Morgan fingerprint density at radius 1 is 0.703 bits per heavy atom. The predicted molar refractivity (Wildman–Crippen MR) is 141 cm³/mol. The van der Waals surface area contributed by atoms with Crippen LogP contribution in [0.5, 0.6) is 0 Å². The molecule has 3 amide bonds. The van der Waals surface area contributed by atoms with Gasteiger partial charge in [0.25, 0.3) is 0 Å². The summed E-state index contributed by atoms with van der Waals surface area (Å²) in [5.41, 5.74) is 4.99. The summed E-state index contributed by atoms with van der Waals surface area (Å²) < 4.78 is 0. The number of allylic oxidation sites excluding steroid dienone is 12. The Bertz CT molecular complexity index is 988. The van der Waals surface area contributed by atoms with Gasteiger partial charge in [-0.05, 0) is 12.3 Å². The molecule has 0 bridgehead atoms. The monoisotopic (exact) mass is 513 g/mol. The lowest BCUT2D eigenvalue weighted by Crippen LogP contribution is -2.44. The molecule has 3 atom stereocenters. The van der Waals surface area contributed by atoms with Crippen LogP contribution >= 0.6 is 0 Å². The molecule has 0 spiro atoms. The second-order valence-corrected chi connectivity index (χ2v) is 7.76. The number of primary amides is 1. The minimum atomic E-state index is -1.25. The largest absolute Gasteiger partial charge is 0.480 e. The molecule has 0 fully saturated rings. The molecular weight excluding hydrogens is 478 g/mol. The molecule has 200 valence electrons. The zero-order chi connectivity index (χ0) is 28.1. The van der Waals surface area contributed by atoms with Gasteiger partial charge in [-0.25, -0.2) is 9.59 Å². The third-order valence-corrected chi connectivity index (χ3v) is 4.79. The fraction of sp³-hybridized carbons (Fsp3) is 0.296. The molecule has 0 radical (unpaired) electrons. The number of carboxylic acids is 2. The average molecular weight is 514 g/mol. The van der Waals surface area contributed by atoms with Crippen molar-refractivity contribution in [3.05, 3.63) is 85.1 Å². The number of hydrogen-bond donors (Lipinski definition) is 5. The maximum absolute atomic E-state index is 11.8. The van der Waals surface area contributed by atoms with Crippen LogP contribution < -0.4 is 16.4 Å². The Morgan fingerprint density at radius 2 is 1.11 bits per heavy atom. The summed E-state index contributed by atoms with van der Waals surface area (Å²) in [4.78, 5) is 56.6. The highest BCUT2D eigenvalue weighted by atomic mass is 16.4. The first-order valence-electron chi connectivity index (χ1n) is 11.6. The Hall–Kier alpha value is -4.47. The van der Waals surface area contributed by atoms with Crippen LogP contribution in [0.15, 0.2) is 85.1 Å². The van der Waals surface area contributed by atoms with Gasteiger partial charge in [0.15, 0.2) is 0 Å². The third kappa shape index (κ3) is 17.6. The van der Waals surface area contributed by atoms with E-state index in [0.29, 0.717) is 6.42 Å². The number of amides is 3. The fourth-order valence-corrected chi connectivity index (χ4v) is 2.58. The van der Waals surface area contributed by atoms with E-state index < -0.39 is 41.7 Å². The van der Waals surface area contributed by atoms with Gasteiger partial charge in [-0.15, -0.1) is 0 Å². The van der Waals surface area contributed by atoms with Crippen LogP contribution in [0.4, 0.5) is 0 Å². The van der Waals surface area contributed by atoms with Crippen LogP contribution in [0.3, 0.4) is 0 Å². The maximum atomic E-state index is 11.8. The van der Waals surface area contributed by atoms with E-state index in [-0.39, 0.29) is 18.8 Å². The minimum absolute atomic E-state index is 0.0826. The molecule has 0 aliphatic rings. The molecule has 37 heavy (non-hydrogen) atoms. The molecule has 0 aliphatic heterocycles. The lowest BCUT2D eigenvalue weighted by Gasteiger charge is -2.19. The van der Waals surface area contributed by atoms with Gasteiger partial charge < -0.3 is 26.6 Å². The second kappa shape index (κ2) is 19.8. The number of rotatable bonds is 17. The quantitative estimate of drug-likeness (QED) is 0.146. The molecule has 0 aliphatic carbocycles. The van der Waals surface area contributed by atoms with E-state index in [0.717, 1.165) is 0 Å². The lowest BCUT2D eigenvalue weighted by molar-refractivity contribution is -0.142. The SMILES string of the molecule is CCC(C)C(NC(=O)C=CC=CC=CC=CC=CC=CC=CC(=O)NC(CCC(N)=O)C(=O)O)C(=O)O. The van der Waals surface area contributed by atoms with Crippen LogP contribution in [0.1, 0.15) is 33.1 Å². The number of carbonyl (C=O) groups is 5. The van der Waals surface area contributed by atoms with E-state index in [4.69, 9.17) is 10.8 Å². The van der Waals surface area contributed by atoms with Gasteiger partial charge in [0.2, 0.25) is 17.7 Å². The van der Waals surface area contributed by atoms with Crippen molar-refractivity contribution in [1.82, 2.24) is 10.6 Å². The zero-order valence-corrected chi connectivity index (χ0v) is 20.9. The van der Waals surface area contributed by atoms with Crippen molar-refractivity contribution >= 4 is 29.7 Å².